The minimum Gasteiger partial charge on any atom is -0.356 e. The molecule has 1 aliphatic carbocycles. The second-order valence-corrected chi connectivity index (χ2v) is 7.38. The van der Waals surface area contributed by atoms with Crippen molar-refractivity contribution in [2.75, 3.05) is 12.8 Å². The van der Waals surface area contributed by atoms with Crippen molar-refractivity contribution in [1.82, 2.24) is 15.3 Å². The van der Waals surface area contributed by atoms with Crippen LogP contribution in [0, 0.1) is 0 Å². The van der Waals surface area contributed by atoms with Gasteiger partial charge in [-0.25, -0.2) is 0 Å². The maximum absolute atomic E-state index is 12.7. The first kappa shape index (κ1) is 17.0. The summed E-state index contributed by atoms with van der Waals surface area (Å²) in [4.78, 5) is 34.3. The van der Waals surface area contributed by atoms with Gasteiger partial charge in [-0.3, -0.25) is 19.6 Å². The van der Waals surface area contributed by atoms with Crippen molar-refractivity contribution < 1.29 is 9.59 Å². The van der Waals surface area contributed by atoms with Gasteiger partial charge in [-0.2, -0.15) is 0 Å². The number of ketones is 1. The quantitative estimate of drug-likeness (QED) is 0.564. The van der Waals surface area contributed by atoms with Crippen LogP contribution in [0.4, 0.5) is 0 Å². The molecule has 0 saturated carbocycles. The Morgan fingerprint density at radius 2 is 2.12 bits per heavy atom. The molecule has 0 bridgehead atoms. The van der Waals surface area contributed by atoms with Crippen molar-refractivity contribution >= 4 is 45.1 Å². The predicted molar refractivity (Wildman–Crippen MR) is 104 cm³/mol. The second-order valence-electron chi connectivity index (χ2n) is 6.54. The number of pyridine rings is 2. The maximum atomic E-state index is 12.7. The number of carbonyl (C=O) groups is 2. The molecule has 0 spiro atoms. The Bertz CT molecular complexity index is 1050. The molecule has 1 N–H and O–H groups in total. The first-order valence-electron chi connectivity index (χ1n) is 8.63. The van der Waals surface area contributed by atoms with Crippen molar-refractivity contribution in [2.45, 2.75) is 30.6 Å². The first-order valence-corrected chi connectivity index (χ1v) is 9.85. The maximum Gasteiger partial charge on any atom is 0.216 e. The van der Waals surface area contributed by atoms with E-state index in [0.717, 1.165) is 32.3 Å². The van der Waals surface area contributed by atoms with Gasteiger partial charge in [-0.15, -0.1) is 11.8 Å². The van der Waals surface area contributed by atoms with Gasteiger partial charge in [0.05, 0.1) is 11.2 Å². The van der Waals surface area contributed by atoms with Gasteiger partial charge in [-0.05, 0) is 18.7 Å². The largest absolute Gasteiger partial charge is 0.356 e. The van der Waals surface area contributed by atoms with Crippen LogP contribution in [0.3, 0.4) is 0 Å². The van der Waals surface area contributed by atoms with Gasteiger partial charge < -0.3 is 5.32 Å². The summed E-state index contributed by atoms with van der Waals surface area (Å²) in [5, 5.41) is 5.83. The predicted octanol–water partition coefficient (Wildman–Crippen LogP) is 3.70. The number of benzene rings is 1. The van der Waals surface area contributed by atoms with Crippen LogP contribution < -0.4 is 5.32 Å². The monoisotopic (exact) mass is 365 g/mol. The smallest absolute Gasteiger partial charge is 0.216 e. The van der Waals surface area contributed by atoms with Crippen LogP contribution >= 0.6 is 11.8 Å². The average molecular weight is 365 g/mol. The summed E-state index contributed by atoms with van der Waals surface area (Å²) in [6.45, 7) is 2.04. The van der Waals surface area contributed by atoms with E-state index >= 15 is 0 Å². The van der Waals surface area contributed by atoms with Crippen molar-refractivity contribution in [3.8, 4) is 0 Å². The van der Waals surface area contributed by atoms with Crippen LogP contribution in [-0.2, 0) is 4.79 Å². The van der Waals surface area contributed by atoms with Gasteiger partial charge in [0, 0.05) is 53.1 Å². The lowest BCUT2D eigenvalue weighted by Crippen LogP contribution is -2.25. The van der Waals surface area contributed by atoms with E-state index in [1.165, 1.54) is 6.92 Å². The van der Waals surface area contributed by atoms with E-state index in [4.69, 9.17) is 4.98 Å². The molecule has 0 fully saturated rings. The molecule has 26 heavy (non-hydrogen) atoms. The summed E-state index contributed by atoms with van der Waals surface area (Å²) in [6, 6.07) is 8.04. The van der Waals surface area contributed by atoms with Gasteiger partial charge in [0.15, 0.2) is 5.78 Å². The number of Topliss-reactive ketones (excluding diaryl/α,β-unsaturated/α-hetero) is 1. The van der Waals surface area contributed by atoms with Gasteiger partial charge in [-0.1, -0.05) is 18.2 Å². The number of aromatic nitrogens is 2. The molecule has 5 nitrogen and oxygen atoms in total. The molecule has 1 atom stereocenters. The minimum atomic E-state index is -0.0597. The van der Waals surface area contributed by atoms with Crippen molar-refractivity contribution in [3.05, 3.63) is 41.9 Å². The zero-order chi connectivity index (χ0) is 18.3. The van der Waals surface area contributed by atoms with Crippen LogP contribution in [0.5, 0.6) is 0 Å². The molecular weight excluding hydrogens is 346 g/mol. The molecule has 0 saturated heterocycles. The summed E-state index contributed by atoms with van der Waals surface area (Å²) in [6.07, 6.45) is 4.90. The van der Waals surface area contributed by atoms with E-state index in [9.17, 15) is 9.59 Å². The Morgan fingerprint density at radius 3 is 2.88 bits per heavy atom. The Hall–Kier alpha value is -2.47. The fourth-order valence-electron chi connectivity index (χ4n) is 3.72. The highest BCUT2D eigenvalue weighted by atomic mass is 32.2. The number of fused-ring (bicyclic) bond motifs is 2. The average Bonchev–Trinajstić information content (AvgIpc) is 2.64. The lowest BCUT2D eigenvalue weighted by atomic mass is 9.83. The van der Waals surface area contributed by atoms with E-state index in [2.05, 4.69) is 16.4 Å². The highest BCUT2D eigenvalue weighted by Crippen LogP contribution is 2.42. The summed E-state index contributed by atoms with van der Waals surface area (Å²) in [7, 11) is 0. The zero-order valence-electron chi connectivity index (χ0n) is 14.7. The second kappa shape index (κ2) is 6.68. The third kappa shape index (κ3) is 2.74. The topological polar surface area (TPSA) is 72.0 Å². The molecule has 1 aliphatic rings. The molecule has 0 aliphatic heterocycles. The van der Waals surface area contributed by atoms with Crippen molar-refractivity contribution in [1.29, 1.82) is 0 Å². The van der Waals surface area contributed by atoms with Gasteiger partial charge in [0.1, 0.15) is 5.69 Å². The molecule has 6 heteroatoms. The molecule has 1 aromatic carbocycles. The number of hydrogen-bond acceptors (Lipinski definition) is 5. The normalized spacial score (nSPS) is 16.2. The summed E-state index contributed by atoms with van der Waals surface area (Å²) in [5.41, 5.74) is 2.39. The van der Waals surface area contributed by atoms with Crippen molar-refractivity contribution in [2.24, 2.45) is 0 Å². The van der Waals surface area contributed by atoms with Crippen LogP contribution in [0.1, 0.15) is 41.9 Å². The van der Waals surface area contributed by atoms with Crippen LogP contribution in [0.2, 0.25) is 0 Å². The Balaban J connectivity index is 1.97. The SMILES string of the molecule is CSc1cnc2c3c(nc4ccccc4c13)C(CCNC(C)=O)CC2=O. The molecule has 132 valence electrons. The summed E-state index contributed by atoms with van der Waals surface area (Å²) < 4.78 is 0. The molecular formula is C20H19N3O2S. The van der Waals surface area contributed by atoms with Gasteiger partial charge in [0.2, 0.25) is 5.91 Å². The third-order valence-electron chi connectivity index (χ3n) is 4.88. The summed E-state index contributed by atoms with van der Waals surface area (Å²) >= 11 is 1.63. The van der Waals surface area contributed by atoms with Gasteiger partial charge in [0.25, 0.3) is 0 Å². The molecule has 2 aromatic heterocycles. The molecule has 0 radical (unpaired) electrons. The van der Waals surface area contributed by atoms with E-state index < -0.39 is 0 Å². The Kier molecular flexibility index (Phi) is 4.36. The number of nitrogens with zero attached hydrogens (tertiary/aromatic N) is 2. The van der Waals surface area contributed by atoms with Crippen LogP contribution in [0.25, 0.3) is 21.7 Å². The van der Waals surface area contributed by atoms with Crippen LogP contribution in [0.15, 0.2) is 35.4 Å². The number of hydrogen-bond donors (Lipinski definition) is 1. The lowest BCUT2D eigenvalue weighted by Gasteiger charge is -2.25. The number of rotatable bonds is 4. The number of carbonyl (C=O) groups excluding carboxylic acids is 2. The number of thioether (sulfide) groups is 1. The lowest BCUT2D eigenvalue weighted by molar-refractivity contribution is -0.118. The Morgan fingerprint density at radius 1 is 1.31 bits per heavy atom. The Labute approximate surface area is 155 Å². The van der Waals surface area contributed by atoms with E-state index in [1.807, 2.05) is 24.5 Å². The standard InChI is InChI=1S/C20H19N3O2S/c1-11(24)21-8-7-12-9-15(25)20-18-17(16(26-2)10-22-20)13-5-3-4-6-14(13)23-19(12)18/h3-6,10,12H,7-9H2,1-2H3,(H,21,24). The van der Waals surface area contributed by atoms with Crippen molar-refractivity contribution in [3.63, 3.8) is 0 Å². The van der Waals surface area contributed by atoms with Crippen LogP contribution in [-0.4, -0.2) is 34.5 Å². The zero-order valence-corrected chi connectivity index (χ0v) is 15.5. The highest BCUT2D eigenvalue weighted by Gasteiger charge is 2.31. The molecule has 4 rings (SSSR count). The van der Waals surface area contributed by atoms with Gasteiger partial charge >= 0.3 is 0 Å². The van der Waals surface area contributed by atoms with E-state index in [0.29, 0.717) is 25.1 Å². The third-order valence-corrected chi connectivity index (χ3v) is 5.63. The molecule has 1 amide bonds. The first-order chi connectivity index (χ1) is 12.6. The molecule has 2 heterocycles. The number of para-hydroxylation sites is 1. The van der Waals surface area contributed by atoms with E-state index in [1.54, 1.807) is 18.0 Å². The van der Waals surface area contributed by atoms with E-state index in [-0.39, 0.29) is 17.6 Å². The highest BCUT2D eigenvalue weighted by molar-refractivity contribution is 7.98. The number of nitrogens with one attached hydrogen (secondary N) is 1. The number of amides is 1. The minimum absolute atomic E-state index is 0.00661. The molecule has 1 unspecified atom stereocenters. The fourth-order valence-corrected chi connectivity index (χ4v) is 4.29. The summed E-state index contributed by atoms with van der Waals surface area (Å²) in [5.74, 6) is -0.0107. The fraction of sp³-hybridized carbons (Fsp3) is 0.300. The molecule has 3 aromatic rings.